The van der Waals surface area contributed by atoms with Gasteiger partial charge in [-0.05, 0) is 61.7 Å². The van der Waals surface area contributed by atoms with Crippen molar-refractivity contribution >= 4 is 29.1 Å². The number of carbonyl (C=O) groups is 2. The van der Waals surface area contributed by atoms with E-state index in [1.807, 2.05) is 4.90 Å². The number of hydrogen-bond donors (Lipinski definition) is 1. The summed E-state index contributed by atoms with van der Waals surface area (Å²) in [5, 5.41) is 3.29. The third-order valence-corrected chi connectivity index (χ3v) is 4.69. The Morgan fingerprint density at radius 2 is 1.73 bits per heavy atom. The molecule has 0 radical (unpaired) electrons. The number of benzene rings is 2. The molecule has 3 rings (SSSR count). The summed E-state index contributed by atoms with van der Waals surface area (Å²) < 4.78 is 5.10. The Morgan fingerprint density at radius 3 is 2.38 bits per heavy atom. The molecule has 0 aromatic heterocycles. The maximum absolute atomic E-state index is 12.9. The summed E-state index contributed by atoms with van der Waals surface area (Å²) in [5.41, 5.74) is 1.36. The van der Waals surface area contributed by atoms with Gasteiger partial charge in [-0.2, -0.15) is 0 Å². The first kappa shape index (κ1) is 18.3. The summed E-state index contributed by atoms with van der Waals surface area (Å²) in [4.78, 5) is 27.2. The molecule has 0 spiro atoms. The fourth-order valence-electron chi connectivity index (χ4n) is 3.01. The maximum Gasteiger partial charge on any atom is 0.256 e. The molecule has 0 saturated carbocycles. The number of hydrogen-bond acceptors (Lipinski definition) is 3. The number of methoxy groups -OCH3 is 1. The summed E-state index contributed by atoms with van der Waals surface area (Å²) in [6.07, 6.45) is 3.14. The average molecular weight is 373 g/mol. The Bertz CT molecular complexity index is 799. The minimum atomic E-state index is -0.289. The van der Waals surface area contributed by atoms with Gasteiger partial charge < -0.3 is 15.0 Å². The molecular weight excluding hydrogens is 352 g/mol. The zero-order valence-electron chi connectivity index (χ0n) is 14.6. The standard InChI is InChI=1S/C20H21ClN2O3/c1-26-16-8-5-14(6-9-16)19(24)22-18-10-7-15(21)13-17(18)20(25)23-11-3-2-4-12-23/h5-10,13H,2-4,11-12H2,1H3,(H,22,24). The van der Waals surface area contributed by atoms with Gasteiger partial charge in [0.1, 0.15) is 5.75 Å². The molecule has 2 amide bonds. The molecule has 0 bridgehead atoms. The number of likely N-dealkylation sites (tertiary alicyclic amines) is 1. The van der Waals surface area contributed by atoms with Gasteiger partial charge in [0, 0.05) is 23.7 Å². The van der Waals surface area contributed by atoms with Crippen molar-refractivity contribution in [2.75, 3.05) is 25.5 Å². The van der Waals surface area contributed by atoms with Gasteiger partial charge in [-0.25, -0.2) is 0 Å². The van der Waals surface area contributed by atoms with Crippen molar-refractivity contribution in [1.29, 1.82) is 0 Å². The number of rotatable bonds is 4. The number of piperidine rings is 1. The van der Waals surface area contributed by atoms with Crippen LogP contribution >= 0.6 is 11.6 Å². The number of carbonyl (C=O) groups excluding carboxylic acids is 2. The lowest BCUT2D eigenvalue weighted by molar-refractivity contribution is 0.0725. The Balaban J connectivity index is 1.82. The fourth-order valence-corrected chi connectivity index (χ4v) is 3.18. The lowest BCUT2D eigenvalue weighted by Gasteiger charge is -2.27. The number of halogens is 1. The van der Waals surface area contributed by atoms with Crippen LogP contribution in [0, 0.1) is 0 Å². The van der Waals surface area contributed by atoms with E-state index in [1.54, 1.807) is 49.6 Å². The average Bonchev–Trinajstić information content (AvgIpc) is 2.69. The van der Waals surface area contributed by atoms with E-state index in [-0.39, 0.29) is 11.8 Å². The van der Waals surface area contributed by atoms with Crippen molar-refractivity contribution in [3.05, 3.63) is 58.6 Å². The molecule has 1 aliphatic heterocycles. The van der Waals surface area contributed by atoms with Crippen molar-refractivity contribution in [3.63, 3.8) is 0 Å². The summed E-state index contributed by atoms with van der Waals surface area (Å²) in [5.74, 6) is 0.286. The number of ether oxygens (including phenoxy) is 1. The van der Waals surface area contributed by atoms with E-state index in [0.29, 0.717) is 27.6 Å². The number of anilines is 1. The van der Waals surface area contributed by atoms with Gasteiger partial charge in [0.15, 0.2) is 0 Å². The summed E-state index contributed by atoms with van der Waals surface area (Å²) >= 11 is 6.09. The first-order valence-corrected chi connectivity index (χ1v) is 9.00. The molecular formula is C20H21ClN2O3. The minimum absolute atomic E-state index is 0.0998. The molecule has 6 heteroatoms. The lowest BCUT2D eigenvalue weighted by Crippen LogP contribution is -2.36. The first-order chi connectivity index (χ1) is 12.6. The van der Waals surface area contributed by atoms with E-state index >= 15 is 0 Å². The normalized spacial score (nSPS) is 14.0. The Labute approximate surface area is 157 Å². The van der Waals surface area contributed by atoms with E-state index in [1.165, 1.54) is 0 Å². The third-order valence-electron chi connectivity index (χ3n) is 4.46. The van der Waals surface area contributed by atoms with Gasteiger partial charge in [0.05, 0.1) is 18.4 Å². The van der Waals surface area contributed by atoms with Crippen LogP contribution in [-0.2, 0) is 0 Å². The lowest BCUT2D eigenvalue weighted by atomic mass is 10.1. The largest absolute Gasteiger partial charge is 0.497 e. The van der Waals surface area contributed by atoms with Crippen molar-refractivity contribution in [2.45, 2.75) is 19.3 Å². The molecule has 1 aliphatic rings. The Morgan fingerprint density at radius 1 is 1.04 bits per heavy atom. The highest BCUT2D eigenvalue weighted by atomic mass is 35.5. The van der Waals surface area contributed by atoms with Crippen LogP contribution < -0.4 is 10.1 Å². The van der Waals surface area contributed by atoms with Gasteiger partial charge in [-0.3, -0.25) is 9.59 Å². The topological polar surface area (TPSA) is 58.6 Å². The molecule has 1 heterocycles. The van der Waals surface area contributed by atoms with Gasteiger partial charge in [0.2, 0.25) is 0 Å². The Hall–Kier alpha value is -2.53. The van der Waals surface area contributed by atoms with Crippen molar-refractivity contribution in [2.24, 2.45) is 0 Å². The van der Waals surface area contributed by atoms with Crippen LogP contribution in [0.1, 0.15) is 40.0 Å². The molecule has 0 atom stereocenters. The second-order valence-electron chi connectivity index (χ2n) is 6.23. The van der Waals surface area contributed by atoms with Crippen molar-refractivity contribution in [1.82, 2.24) is 4.90 Å². The van der Waals surface area contributed by atoms with Gasteiger partial charge in [-0.15, -0.1) is 0 Å². The molecule has 136 valence electrons. The Kier molecular flexibility index (Phi) is 5.78. The molecule has 26 heavy (non-hydrogen) atoms. The highest BCUT2D eigenvalue weighted by Gasteiger charge is 2.22. The predicted octanol–water partition coefficient (Wildman–Crippen LogP) is 4.23. The van der Waals surface area contributed by atoms with Gasteiger partial charge in [-0.1, -0.05) is 11.6 Å². The second kappa shape index (κ2) is 8.23. The monoisotopic (exact) mass is 372 g/mol. The molecule has 1 saturated heterocycles. The number of amides is 2. The molecule has 0 unspecified atom stereocenters. The van der Waals surface area contributed by atoms with Crippen LogP contribution in [0.25, 0.3) is 0 Å². The zero-order chi connectivity index (χ0) is 18.5. The zero-order valence-corrected chi connectivity index (χ0v) is 15.4. The molecule has 1 N–H and O–H groups in total. The fraction of sp³-hybridized carbons (Fsp3) is 0.300. The van der Waals surface area contributed by atoms with Crippen molar-refractivity contribution < 1.29 is 14.3 Å². The maximum atomic E-state index is 12.9. The van der Waals surface area contributed by atoms with Crippen LogP contribution in [-0.4, -0.2) is 36.9 Å². The molecule has 1 fully saturated rings. The van der Waals surface area contributed by atoms with Crippen LogP contribution in [0.15, 0.2) is 42.5 Å². The second-order valence-corrected chi connectivity index (χ2v) is 6.66. The molecule has 2 aromatic rings. The molecule has 5 nitrogen and oxygen atoms in total. The summed E-state index contributed by atoms with van der Waals surface area (Å²) in [7, 11) is 1.57. The number of nitrogens with zero attached hydrogens (tertiary/aromatic N) is 1. The van der Waals surface area contributed by atoms with E-state index in [0.717, 1.165) is 32.4 Å². The van der Waals surface area contributed by atoms with Gasteiger partial charge >= 0.3 is 0 Å². The smallest absolute Gasteiger partial charge is 0.256 e. The van der Waals surface area contributed by atoms with E-state index in [2.05, 4.69) is 5.32 Å². The van der Waals surface area contributed by atoms with Crippen molar-refractivity contribution in [3.8, 4) is 5.75 Å². The van der Waals surface area contributed by atoms with Crippen LogP contribution in [0.2, 0.25) is 5.02 Å². The van der Waals surface area contributed by atoms with Crippen LogP contribution in [0.5, 0.6) is 5.75 Å². The predicted molar refractivity (Wildman–Crippen MR) is 102 cm³/mol. The first-order valence-electron chi connectivity index (χ1n) is 8.63. The highest BCUT2D eigenvalue weighted by molar-refractivity contribution is 6.31. The summed E-state index contributed by atoms with van der Waals surface area (Å²) in [6, 6.07) is 11.7. The quantitative estimate of drug-likeness (QED) is 0.873. The SMILES string of the molecule is COc1ccc(C(=O)Nc2ccc(Cl)cc2C(=O)N2CCCCC2)cc1. The van der Waals surface area contributed by atoms with Gasteiger partial charge in [0.25, 0.3) is 11.8 Å². The third kappa shape index (κ3) is 4.17. The van der Waals surface area contributed by atoms with Crippen LogP contribution in [0.3, 0.4) is 0 Å². The highest BCUT2D eigenvalue weighted by Crippen LogP contribution is 2.24. The van der Waals surface area contributed by atoms with Crippen LogP contribution in [0.4, 0.5) is 5.69 Å². The molecule has 2 aromatic carbocycles. The van der Waals surface area contributed by atoms with E-state index < -0.39 is 0 Å². The van der Waals surface area contributed by atoms with E-state index in [4.69, 9.17) is 16.3 Å². The van der Waals surface area contributed by atoms with E-state index in [9.17, 15) is 9.59 Å². The summed E-state index contributed by atoms with van der Waals surface area (Å²) in [6.45, 7) is 1.47. The minimum Gasteiger partial charge on any atom is -0.497 e. The number of nitrogens with one attached hydrogen (secondary N) is 1. The molecule has 0 aliphatic carbocycles.